The summed E-state index contributed by atoms with van der Waals surface area (Å²) in [4.78, 5) is 20.8. The van der Waals surface area contributed by atoms with E-state index < -0.39 is 0 Å². The summed E-state index contributed by atoms with van der Waals surface area (Å²) >= 11 is 1.49. The third-order valence-corrected chi connectivity index (χ3v) is 6.74. The number of ether oxygens (including phenoxy) is 1. The largest absolute Gasteiger partial charge is 0.379 e. The Hall–Kier alpha value is -3.07. The van der Waals surface area contributed by atoms with Gasteiger partial charge in [0.2, 0.25) is 5.91 Å². The van der Waals surface area contributed by atoms with Crippen LogP contribution in [0, 0.1) is 5.82 Å². The fourth-order valence-electron chi connectivity index (χ4n) is 4.09. The van der Waals surface area contributed by atoms with Gasteiger partial charge in [0, 0.05) is 42.5 Å². The van der Waals surface area contributed by atoms with Gasteiger partial charge >= 0.3 is 0 Å². The van der Waals surface area contributed by atoms with Gasteiger partial charge in [-0.25, -0.2) is 9.37 Å². The van der Waals surface area contributed by atoms with Gasteiger partial charge in [0.1, 0.15) is 5.82 Å². The number of fused-ring (bicyclic) bond motifs is 1. The number of halogens is 1. The fourth-order valence-corrected chi connectivity index (χ4v) is 4.96. The van der Waals surface area contributed by atoms with Crippen LogP contribution in [0.2, 0.25) is 0 Å². The van der Waals surface area contributed by atoms with Gasteiger partial charge in [-0.3, -0.25) is 14.1 Å². The molecule has 0 unspecified atom stereocenters. The highest BCUT2D eigenvalue weighted by atomic mass is 32.1. The number of morpholine rings is 1. The lowest BCUT2D eigenvalue weighted by molar-refractivity contribution is -0.121. The summed E-state index contributed by atoms with van der Waals surface area (Å²) in [6, 6.07) is 16.3. The highest BCUT2D eigenvalue weighted by molar-refractivity contribution is 7.15. The van der Waals surface area contributed by atoms with Crippen molar-refractivity contribution in [3.05, 3.63) is 83.2 Å². The Labute approximate surface area is 195 Å². The lowest BCUT2D eigenvalue weighted by Gasteiger charge is -2.31. The first-order valence-corrected chi connectivity index (χ1v) is 11.9. The summed E-state index contributed by atoms with van der Waals surface area (Å²) in [6.45, 7) is 3.92. The highest BCUT2D eigenvalue weighted by Gasteiger charge is 2.21. The third-order valence-electron chi connectivity index (χ3n) is 5.85. The molecule has 1 saturated heterocycles. The molecule has 5 rings (SSSR count). The van der Waals surface area contributed by atoms with Gasteiger partial charge in [-0.1, -0.05) is 30.3 Å². The number of carbonyl (C=O) groups excluding carboxylic acids is 1. The molecule has 3 heterocycles. The first kappa shape index (κ1) is 21.8. The molecule has 0 bridgehead atoms. The molecule has 0 radical (unpaired) electrons. The van der Waals surface area contributed by atoms with E-state index in [0.717, 1.165) is 60.3 Å². The molecular weight excluding hydrogens is 439 g/mol. The summed E-state index contributed by atoms with van der Waals surface area (Å²) in [5.41, 5.74) is 3.58. The van der Waals surface area contributed by atoms with E-state index in [-0.39, 0.29) is 24.2 Å². The van der Waals surface area contributed by atoms with Crippen LogP contribution in [0.1, 0.15) is 17.3 Å². The molecule has 1 N–H and O–H groups in total. The second-order valence-electron chi connectivity index (χ2n) is 8.13. The molecule has 6 nitrogen and oxygen atoms in total. The van der Waals surface area contributed by atoms with Crippen molar-refractivity contribution in [2.24, 2.45) is 0 Å². The first-order chi connectivity index (χ1) is 16.2. The minimum Gasteiger partial charge on any atom is -0.379 e. The van der Waals surface area contributed by atoms with Crippen LogP contribution in [0.5, 0.6) is 0 Å². The molecule has 0 spiro atoms. The van der Waals surface area contributed by atoms with Crippen LogP contribution in [0.4, 0.5) is 4.39 Å². The van der Waals surface area contributed by atoms with Crippen molar-refractivity contribution in [2.75, 3.05) is 32.8 Å². The number of nitrogens with one attached hydrogen (secondary N) is 1. The summed E-state index contributed by atoms with van der Waals surface area (Å²) in [5, 5.41) is 5.20. The number of hydrogen-bond acceptors (Lipinski definition) is 5. The summed E-state index contributed by atoms with van der Waals surface area (Å²) < 4.78 is 20.7. The Bertz CT molecular complexity index is 1220. The molecule has 33 heavy (non-hydrogen) atoms. The molecular formula is C25H25FN4O2S. The average molecular weight is 465 g/mol. The van der Waals surface area contributed by atoms with Gasteiger partial charge in [-0.15, -0.1) is 11.3 Å². The molecule has 2 aromatic heterocycles. The van der Waals surface area contributed by atoms with Crippen molar-refractivity contribution < 1.29 is 13.9 Å². The maximum atomic E-state index is 13.3. The van der Waals surface area contributed by atoms with Crippen LogP contribution in [0.25, 0.3) is 16.2 Å². The monoisotopic (exact) mass is 464 g/mol. The molecule has 1 atom stereocenters. The molecule has 2 aromatic carbocycles. The molecule has 0 aliphatic carbocycles. The molecule has 1 aliphatic heterocycles. The number of amides is 1. The summed E-state index contributed by atoms with van der Waals surface area (Å²) in [6.07, 6.45) is 2.16. The van der Waals surface area contributed by atoms with Crippen LogP contribution in [-0.4, -0.2) is 53.0 Å². The molecule has 1 fully saturated rings. The Balaban J connectivity index is 1.31. The van der Waals surface area contributed by atoms with Crippen molar-refractivity contribution in [3.63, 3.8) is 0 Å². The smallest absolute Gasteiger partial charge is 0.226 e. The average Bonchev–Trinajstić information content (AvgIpc) is 3.42. The molecule has 0 saturated carbocycles. The van der Waals surface area contributed by atoms with E-state index in [4.69, 9.17) is 4.74 Å². The highest BCUT2D eigenvalue weighted by Crippen LogP contribution is 2.24. The zero-order chi connectivity index (χ0) is 22.6. The van der Waals surface area contributed by atoms with Crippen LogP contribution in [0.3, 0.4) is 0 Å². The number of benzene rings is 2. The molecule has 8 heteroatoms. The van der Waals surface area contributed by atoms with E-state index in [1.165, 1.54) is 23.5 Å². The summed E-state index contributed by atoms with van der Waals surface area (Å²) in [7, 11) is 0. The standard InChI is InChI=1S/C25H25FN4O2S/c26-20-8-6-19(7-9-20)23-16-30-21(17-33-25(30)28-23)14-24(31)27-22(18-4-2-1-3-5-18)15-29-10-12-32-13-11-29/h1-9,16-17,22H,10-15H2,(H,27,31)/t22-/m1/s1. The molecule has 4 aromatic rings. The minimum absolute atomic E-state index is 0.0335. The maximum absolute atomic E-state index is 13.3. The van der Waals surface area contributed by atoms with Gasteiger partial charge in [0.05, 0.1) is 31.4 Å². The molecule has 1 aliphatic rings. The van der Waals surface area contributed by atoms with E-state index in [0.29, 0.717) is 0 Å². The van der Waals surface area contributed by atoms with Crippen LogP contribution in [0.15, 0.2) is 66.2 Å². The van der Waals surface area contributed by atoms with Crippen LogP contribution < -0.4 is 5.32 Å². The predicted molar refractivity (Wildman–Crippen MR) is 127 cm³/mol. The number of carbonyl (C=O) groups is 1. The minimum atomic E-state index is -0.276. The number of imidazole rings is 1. The van der Waals surface area contributed by atoms with Crippen molar-refractivity contribution in [1.29, 1.82) is 0 Å². The lowest BCUT2D eigenvalue weighted by atomic mass is 10.1. The number of thiazole rings is 1. The zero-order valence-corrected chi connectivity index (χ0v) is 18.9. The van der Waals surface area contributed by atoms with Crippen LogP contribution in [-0.2, 0) is 16.0 Å². The normalized spacial score (nSPS) is 15.5. The van der Waals surface area contributed by atoms with Crippen molar-refractivity contribution >= 4 is 22.2 Å². The lowest BCUT2D eigenvalue weighted by Crippen LogP contribution is -2.43. The Morgan fingerprint density at radius 2 is 1.88 bits per heavy atom. The zero-order valence-electron chi connectivity index (χ0n) is 18.1. The van der Waals surface area contributed by atoms with Gasteiger partial charge < -0.3 is 10.1 Å². The van der Waals surface area contributed by atoms with Gasteiger partial charge in [-0.2, -0.15) is 0 Å². The maximum Gasteiger partial charge on any atom is 0.226 e. The number of hydrogen-bond donors (Lipinski definition) is 1. The molecule has 170 valence electrons. The Morgan fingerprint density at radius 1 is 1.12 bits per heavy atom. The Kier molecular flexibility index (Phi) is 6.48. The SMILES string of the molecule is O=C(Cc1csc2nc(-c3ccc(F)cc3)cn12)N[C@H](CN1CCOCC1)c1ccccc1. The van der Waals surface area contributed by atoms with Crippen molar-refractivity contribution in [2.45, 2.75) is 12.5 Å². The number of nitrogens with zero attached hydrogens (tertiary/aromatic N) is 3. The van der Waals surface area contributed by atoms with Crippen molar-refractivity contribution in [1.82, 2.24) is 19.6 Å². The van der Waals surface area contributed by atoms with Gasteiger partial charge in [0.25, 0.3) is 0 Å². The van der Waals surface area contributed by atoms with Gasteiger partial charge in [0.15, 0.2) is 4.96 Å². The Morgan fingerprint density at radius 3 is 2.64 bits per heavy atom. The second kappa shape index (κ2) is 9.82. The number of aromatic nitrogens is 2. The first-order valence-electron chi connectivity index (χ1n) is 11.0. The quantitative estimate of drug-likeness (QED) is 0.450. The topological polar surface area (TPSA) is 58.9 Å². The van der Waals surface area contributed by atoms with E-state index >= 15 is 0 Å². The molecule has 1 amide bonds. The van der Waals surface area contributed by atoms with Crippen molar-refractivity contribution in [3.8, 4) is 11.3 Å². The van der Waals surface area contributed by atoms with E-state index in [9.17, 15) is 9.18 Å². The van der Waals surface area contributed by atoms with E-state index in [2.05, 4.69) is 27.3 Å². The van der Waals surface area contributed by atoms with E-state index in [1.807, 2.05) is 34.2 Å². The fraction of sp³-hybridized carbons (Fsp3) is 0.280. The van der Waals surface area contributed by atoms with Crippen LogP contribution >= 0.6 is 11.3 Å². The number of rotatable bonds is 7. The third kappa shape index (κ3) is 5.13. The predicted octanol–water partition coefficient (Wildman–Crippen LogP) is 3.93. The van der Waals surface area contributed by atoms with E-state index in [1.54, 1.807) is 12.1 Å². The second-order valence-corrected chi connectivity index (χ2v) is 8.97. The van der Waals surface area contributed by atoms with Gasteiger partial charge in [-0.05, 0) is 29.8 Å². The summed E-state index contributed by atoms with van der Waals surface area (Å²) in [5.74, 6) is -0.309.